The van der Waals surface area contributed by atoms with Crippen molar-refractivity contribution in [2.24, 2.45) is 0 Å². The van der Waals surface area contributed by atoms with Crippen LogP contribution in [0, 0.1) is 0 Å². The molecule has 0 radical (unpaired) electrons. The van der Waals surface area contributed by atoms with Gasteiger partial charge in [0.2, 0.25) is 0 Å². The number of carbonyl (C=O) groups is 1. The minimum absolute atomic E-state index is 0.128. The molecular formula is C27H28N4O2S. The second-order valence-electron chi connectivity index (χ2n) is 8.52. The number of ether oxygens (including phenoxy) is 1. The van der Waals surface area contributed by atoms with Crippen molar-refractivity contribution in [1.29, 1.82) is 0 Å². The van der Waals surface area contributed by atoms with Crippen LogP contribution in [0.2, 0.25) is 0 Å². The molecule has 0 spiro atoms. The fourth-order valence-electron chi connectivity index (χ4n) is 4.78. The van der Waals surface area contributed by atoms with Crippen LogP contribution in [0.1, 0.15) is 25.1 Å². The first-order chi connectivity index (χ1) is 16.7. The van der Waals surface area contributed by atoms with Gasteiger partial charge in [0.15, 0.2) is 5.78 Å². The molecule has 1 unspecified atom stereocenters. The number of nitrogens with zero attached hydrogens (tertiary/aromatic N) is 4. The number of benzene rings is 2. The normalized spacial score (nSPS) is 15.8. The van der Waals surface area contributed by atoms with Crippen molar-refractivity contribution in [3.63, 3.8) is 0 Å². The molecule has 0 saturated carbocycles. The van der Waals surface area contributed by atoms with E-state index in [9.17, 15) is 4.79 Å². The topological polar surface area (TPSA) is 58.6 Å². The van der Waals surface area contributed by atoms with Crippen molar-refractivity contribution in [3.05, 3.63) is 71.9 Å². The van der Waals surface area contributed by atoms with Crippen molar-refractivity contribution in [2.45, 2.75) is 19.4 Å². The van der Waals surface area contributed by atoms with Crippen molar-refractivity contribution in [2.75, 3.05) is 38.2 Å². The Morgan fingerprint density at radius 3 is 2.68 bits per heavy atom. The van der Waals surface area contributed by atoms with E-state index in [0.29, 0.717) is 0 Å². The summed E-state index contributed by atoms with van der Waals surface area (Å²) in [6.45, 7) is 4.92. The Morgan fingerprint density at radius 1 is 1.03 bits per heavy atom. The van der Waals surface area contributed by atoms with Gasteiger partial charge in [-0.15, -0.1) is 11.3 Å². The van der Waals surface area contributed by atoms with Gasteiger partial charge in [-0.25, -0.2) is 4.98 Å². The van der Waals surface area contributed by atoms with Crippen molar-refractivity contribution in [3.8, 4) is 16.3 Å². The molecule has 5 rings (SSSR count). The molecule has 174 valence electrons. The summed E-state index contributed by atoms with van der Waals surface area (Å²) >= 11 is 1.60. The first-order valence-electron chi connectivity index (χ1n) is 11.6. The van der Waals surface area contributed by atoms with Crippen LogP contribution in [-0.2, 0) is 4.79 Å². The summed E-state index contributed by atoms with van der Waals surface area (Å²) in [6, 6.07) is 17.9. The van der Waals surface area contributed by atoms with Gasteiger partial charge in [0.05, 0.1) is 18.3 Å². The predicted molar refractivity (Wildman–Crippen MR) is 138 cm³/mol. The van der Waals surface area contributed by atoms with E-state index in [1.54, 1.807) is 25.4 Å². The number of Topliss-reactive ketones (excluding diaryl/α,β-unsaturated/α-hetero) is 1. The minimum atomic E-state index is -0.332. The van der Waals surface area contributed by atoms with Crippen molar-refractivity contribution in [1.82, 2.24) is 14.9 Å². The maximum absolute atomic E-state index is 12.8. The highest BCUT2D eigenvalue weighted by Crippen LogP contribution is 2.36. The fraction of sp³-hybridized carbons (Fsp3) is 0.296. The molecule has 0 N–H and O–H groups in total. The molecule has 1 fully saturated rings. The lowest BCUT2D eigenvalue weighted by Gasteiger charge is -2.28. The van der Waals surface area contributed by atoms with Gasteiger partial charge < -0.3 is 9.64 Å². The predicted octanol–water partition coefficient (Wildman–Crippen LogP) is 5.21. The highest BCUT2D eigenvalue weighted by atomic mass is 32.1. The maximum Gasteiger partial charge on any atom is 0.153 e. The van der Waals surface area contributed by atoms with Crippen LogP contribution in [0.25, 0.3) is 21.5 Å². The highest BCUT2D eigenvalue weighted by molar-refractivity contribution is 7.13. The van der Waals surface area contributed by atoms with Crippen LogP contribution < -0.4 is 9.64 Å². The van der Waals surface area contributed by atoms with Crippen LogP contribution in [0.4, 0.5) is 5.69 Å². The molecule has 0 bridgehead atoms. The summed E-state index contributed by atoms with van der Waals surface area (Å²) in [6.07, 6.45) is 2.76. The molecule has 2 aromatic carbocycles. The van der Waals surface area contributed by atoms with Gasteiger partial charge in [0.25, 0.3) is 0 Å². The number of ketones is 1. The molecule has 1 aliphatic rings. The third kappa shape index (κ3) is 4.41. The Labute approximate surface area is 203 Å². The third-order valence-corrected chi connectivity index (χ3v) is 7.26. The van der Waals surface area contributed by atoms with E-state index in [0.717, 1.165) is 71.2 Å². The van der Waals surface area contributed by atoms with E-state index < -0.39 is 0 Å². The molecule has 6 nitrogen and oxygen atoms in total. The number of pyridine rings is 1. The van der Waals surface area contributed by atoms with Gasteiger partial charge >= 0.3 is 0 Å². The summed E-state index contributed by atoms with van der Waals surface area (Å²) in [7, 11) is 1.70. The number of carbonyl (C=O) groups excluding carboxylic acids is 1. The number of hydrogen-bond acceptors (Lipinski definition) is 7. The Balaban J connectivity index is 1.41. The van der Waals surface area contributed by atoms with Gasteiger partial charge in [0.1, 0.15) is 22.5 Å². The van der Waals surface area contributed by atoms with Gasteiger partial charge in [-0.05, 0) is 31.5 Å². The van der Waals surface area contributed by atoms with E-state index in [1.807, 2.05) is 48.0 Å². The Kier molecular flexibility index (Phi) is 6.56. The zero-order chi connectivity index (χ0) is 23.5. The molecule has 4 aromatic rings. The van der Waals surface area contributed by atoms with E-state index >= 15 is 0 Å². The van der Waals surface area contributed by atoms with E-state index in [4.69, 9.17) is 9.72 Å². The third-order valence-electron chi connectivity index (χ3n) is 6.35. The summed E-state index contributed by atoms with van der Waals surface area (Å²) in [5.41, 5.74) is 3.90. The fourth-order valence-corrected chi connectivity index (χ4v) is 5.62. The number of hydrogen-bond donors (Lipinski definition) is 0. The van der Waals surface area contributed by atoms with Gasteiger partial charge in [0, 0.05) is 48.7 Å². The van der Waals surface area contributed by atoms with E-state index in [-0.39, 0.29) is 11.8 Å². The van der Waals surface area contributed by atoms with E-state index in [1.165, 1.54) is 0 Å². The number of aromatic nitrogens is 2. The van der Waals surface area contributed by atoms with Crippen LogP contribution >= 0.6 is 11.3 Å². The molecule has 0 amide bonds. The lowest BCUT2D eigenvalue weighted by atomic mass is 10.1. The Bertz CT molecular complexity index is 1290. The van der Waals surface area contributed by atoms with Crippen LogP contribution in [0.5, 0.6) is 5.75 Å². The van der Waals surface area contributed by atoms with Gasteiger partial charge in [-0.3, -0.25) is 14.7 Å². The second kappa shape index (κ2) is 9.91. The first-order valence-corrected chi connectivity index (χ1v) is 12.5. The quantitative estimate of drug-likeness (QED) is 0.384. The van der Waals surface area contributed by atoms with Crippen LogP contribution in [0.3, 0.4) is 0 Å². The standard InChI is InChI=1S/C27H28N4O2S/c1-19(32)25(22-18-34-27(29-22)21-8-4-3-5-9-21)30-14-7-15-31(17-16-30)26-23(33-2)12-11-20-10-6-13-28-24(20)26/h3-6,8-13,18,25H,7,14-17H2,1-2H3. The average molecular weight is 473 g/mol. The molecule has 1 atom stereocenters. The monoisotopic (exact) mass is 472 g/mol. The van der Waals surface area contributed by atoms with Gasteiger partial charge in [-0.1, -0.05) is 36.4 Å². The Hall–Kier alpha value is -3.29. The second-order valence-corrected chi connectivity index (χ2v) is 9.38. The highest BCUT2D eigenvalue weighted by Gasteiger charge is 2.30. The first kappa shape index (κ1) is 22.5. The van der Waals surface area contributed by atoms with Gasteiger partial charge in [-0.2, -0.15) is 0 Å². The Morgan fingerprint density at radius 2 is 1.88 bits per heavy atom. The molecule has 1 aliphatic heterocycles. The zero-order valence-electron chi connectivity index (χ0n) is 19.5. The lowest BCUT2D eigenvalue weighted by Crippen LogP contribution is -2.37. The molecule has 7 heteroatoms. The van der Waals surface area contributed by atoms with E-state index in [2.05, 4.69) is 33.0 Å². The van der Waals surface area contributed by atoms with Crippen molar-refractivity contribution < 1.29 is 9.53 Å². The lowest BCUT2D eigenvalue weighted by molar-refractivity contribution is -0.122. The molecular weight excluding hydrogens is 444 g/mol. The summed E-state index contributed by atoms with van der Waals surface area (Å²) in [4.78, 5) is 27.0. The molecule has 1 saturated heterocycles. The minimum Gasteiger partial charge on any atom is -0.494 e. The SMILES string of the molecule is COc1ccc2cccnc2c1N1CCCN(C(C(C)=O)c2csc(-c3ccccc3)n2)CC1. The zero-order valence-corrected chi connectivity index (χ0v) is 20.3. The number of thiazole rings is 1. The molecule has 3 heterocycles. The molecule has 0 aliphatic carbocycles. The van der Waals surface area contributed by atoms with Crippen LogP contribution in [-0.4, -0.2) is 53.9 Å². The van der Waals surface area contributed by atoms with Crippen LogP contribution in [0.15, 0.2) is 66.2 Å². The summed E-state index contributed by atoms with van der Waals surface area (Å²) in [5, 5.41) is 4.08. The maximum atomic E-state index is 12.8. The summed E-state index contributed by atoms with van der Waals surface area (Å²) in [5.74, 6) is 0.956. The largest absolute Gasteiger partial charge is 0.494 e. The number of fused-ring (bicyclic) bond motifs is 1. The molecule has 34 heavy (non-hydrogen) atoms. The summed E-state index contributed by atoms with van der Waals surface area (Å²) < 4.78 is 5.72. The number of anilines is 1. The van der Waals surface area contributed by atoms with Crippen molar-refractivity contribution >= 4 is 33.7 Å². The molecule has 2 aromatic heterocycles. The number of methoxy groups -OCH3 is 1. The number of rotatable bonds is 6. The average Bonchev–Trinajstić information content (AvgIpc) is 3.23. The smallest absolute Gasteiger partial charge is 0.153 e.